The van der Waals surface area contributed by atoms with E-state index in [1.807, 2.05) is 13.8 Å². The van der Waals surface area contributed by atoms with Crippen LogP contribution in [0.4, 0.5) is 0 Å². The maximum atomic E-state index is 12.4. The molecule has 0 unspecified atom stereocenters. The molecule has 0 atom stereocenters. The van der Waals surface area contributed by atoms with Gasteiger partial charge >= 0.3 is 0 Å². The van der Waals surface area contributed by atoms with E-state index >= 15 is 0 Å². The van der Waals surface area contributed by atoms with Crippen LogP contribution in [-0.4, -0.2) is 75.4 Å². The molecule has 9 heteroatoms. The second kappa shape index (κ2) is 6.68. The summed E-state index contributed by atoms with van der Waals surface area (Å²) >= 11 is 0. The minimum atomic E-state index is -3.20. The molecular formula is C14H26N2O5S2. The van der Waals surface area contributed by atoms with E-state index in [1.54, 1.807) is 4.90 Å². The maximum absolute atomic E-state index is 12.4. The van der Waals surface area contributed by atoms with Gasteiger partial charge in [-0.1, -0.05) is 13.8 Å². The molecule has 0 aromatic carbocycles. The Morgan fingerprint density at radius 2 is 1.61 bits per heavy atom. The number of sulfonamides is 1. The van der Waals surface area contributed by atoms with Crippen molar-refractivity contribution in [3.8, 4) is 0 Å². The number of carbonyl (C=O) groups is 1. The number of rotatable bonds is 5. The van der Waals surface area contributed by atoms with Gasteiger partial charge in [-0.05, 0) is 18.8 Å². The van der Waals surface area contributed by atoms with Crippen LogP contribution in [0.25, 0.3) is 0 Å². The van der Waals surface area contributed by atoms with Crippen LogP contribution in [0.3, 0.4) is 0 Å². The lowest BCUT2D eigenvalue weighted by molar-refractivity contribution is -0.140. The summed E-state index contributed by atoms with van der Waals surface area (Å²) in [5.41, 5.74) is 0. The summed E-state index contributed by atoms with van der Waals surface area (Å²) in [5, 5.41) is -0.440. The summed E-state index contributed by atoms with van der Waals surface area (Å²) in [4.78, 5) is 14.0. The van der Waals surface area contributed by atoms with Crippen LogP contribution in [-0.2, 0) is 24.7 Å². The SMILES string of the molecule is CC(C)CS(=O)(=O)C1CN(C(=O)C2CCN(S(C)(=O)=O)CC2)C1. The molecular weight excluding hydrogens is 340 g/mol. The van der Waals surface area contributed by atoms with E-state index in [2.05, 4.69) is 0 Å². The first-order valence-corrected chi connectivity index (χ1v) is 11.5. The molecule has 2 aliphatic heterocycles. The third-order valence-corrected chi connectivity index (χ3v) is 8.25. The summed E-state index contributed by atoms with van der Waals surface area (Å²) in [6.07, 6.45) is 2.19. The fourth-order valence-corrected chi connectivity index (χ4v) is 6.03. The Labute approximate surface area is 139 Å². The van der Waals surface area contributed by atoms with E-state index in [4.69, 9.17) is 0 Å². The number of hydrogen-bond acceptors (Lipinski definition) is 5. The number of carbonyl (C=O) groups excluding carboxylic acids is 1. The Kier molecular flexibility index (Phi) is 5.42. The van der Waals surface area contributed by atoms with Crippen LogP contribution in [0.1, 0.15) is 26.7 Å². The summed E-state index contributed by atoms with van der Waals surface area (Å²) in [7, 11) is -6.33. The molecule has 2 rings (SSSR count). The molecule has 0 N–H and O–H groups in total. The Bertz CT molecular complexity index is 643. The fraction of sp³-hybridized carbons (Fsp3) is 0.929. The van der Waals surface area contributed by atoms with E-state index in [9.17, 15) is 21.6 Å². The van der Waals surface area contributed by atoms with Gasteiger partial charge in [-0.25, -0.2) is 21.1 Å². The average molecular weight is 367 g/mol. The van der Waals surface area contributed by atoms with Crippen molar-refractivity contribution in [2.45, 2.75) is 31.9 Å². The fourth-order valence-electron chi connectivity index (χ4n) is 3.14. The van der Waals surface area contributed by atoms with Gasteiger partial charge in [-0.3, -0.25) is 4.79 Å². The van der Waals surface area contributed by atoms with Gasteiger partial charge in [-0.2, -0.15) is 0 Å². The van der Waals surface area contributed by atoms with Gasteiger partial charge < -0.3 is 4.90 Å². The van der Waals surface area contributed by atoms with Crippen molar-refractivity contribution in [3.05, 3.63) is 0 Å². The van der Waals surface area contributed by atoms with Crippen molar-refractivity contribution in [2.24, 2.45) is 11.8 Å². The zero-order valence-electron chi connectivity index (χ0n) is 13.9. The quantitative estimate of drug-likeness (QED) is 0.680. The van der Waals surface area contributed by atoms with Crippen LogP contribution in [0.5, 0.6) is 0 Å². The molecule has 134 valence electrons. The topological polar surface area (TPSA) is 91.8 Å². The van der Waals surface area contributed by atoms with Crippen molar-refractivity contribution < 1.29 is 21.6 Å². The minimum Gasteiger partial charge on any atom is -0.340 e. The smallest absolute Gasteiger partial charge is 0.225 e. The van der Waals surface area contributed by atoms with Gasteiger partial charge in [0.25, 0.3) is 0 Å². The highest BCUT2D eigenvalue weighted by Crippen LogP contribution is 2.26. The second-order valence-electron chi connectivity index (χ2n) is 7.02. The molecule has 7 nitrogen and oxygen atoms in total. The van der Waals surface area contributed by atoms with Crippen LogP contribution in [0, 0.1) is 11.8 Å². The van der Waals surface area contributed by atoms with Gasteiger partial charge in [0.15, 0.2) is 9.84 Å². The summed E-state index contributed by atoms with van der Waals surface area (Å²) in [6, 6.07) is 0. The van der Waals surface area contributed by atoms with Crippen molar-refractivity contribution in [1.29, 1.82) is 0 Å². The van der Waals surface area contributed by atoms with E-state index in [1.165, 1.54) is 10.6 Å². The molecule has 0 aromatic heterocycles. The number of likely N-dealkylation sites (tertiary alicyclic amines) is 1. The number of nitrogens with zero attached hydrogens (tertiary/aromatic N) is 2. The first-order valence-electron chi connectivity index (χ1n) is 7.96. The second-order valence-corrected chi connectivity index (χ2v) is 11.3. The van der Waals surface area contributed by atoms with E-state index < -0.39 is 25.1 Å². The lowest BCUT2D eigenvalue weighted by atomic mass is 9.95. The molecule has 1 amide bonds. The zero-order valence-corrected chi connectivity index (χ0v) is 15.6. The van der Waals surface area contributed by atoms with E-state index in [-0.39, 0.29) is 36.6 Å². The average Bonchev–Trinajstić information content (AvgIpc) is 2.33. The summed E-state index contributed by atoms with van der Waals surface area (Å²) in [6.45, 7) is 5.01. The number of hydrogen-bond donors (Lipinski definition) is 0. The molecule has 0 saturated carbocycles. The monoisotopic (exact) mass is 366 g/mol. The molecule has 23 heavy (non-hydrogen) atoms. The van der Waals surface area contributed by atoms with Gasteiger partial charge in [-0.15, -0.1) is 0 Å². The van der Waals surface area contributed by atoms with Crippen LogP contribution in [0.15, 0.2) is 0 Å². The lowest BCUT2D eigenvalue weighted by Crippen LogP contribution is -2.59. The molecule has 2 aliphatic rings. The molecule has 2 fully saturated rings. The Balaban J connectivity index is 1.84. The molecule has 2 heterocycles. The summed E-state index contributed by atoms with van der Waals surface area (Å²) in [5.74, 6) is 0.0212. The van der Waals surface area contributed by atoms with Crippen molar-refractivity contribution >= 4 is 25.8 Å². The predicted molar refractivity (Wildman–Crippen MR) is 88.1 cm³/mol. The number of piperidine rings is 1. The highest BCUT2D eigenvalue weighted by atomic mass is 32.2. The van der Waals surface area contributed by atoms with Crippen LogP contribution in [0.2, 0.25) is 0 Å². The largest absolute Gasteiger partial charge is 0.340 e. The molecule has 0 spiro atoms. The van der Waals surface area contributed by atoms with Crippen LogP contribution < -0.4 is 0 Å². The van der Waals surface area contributed by atoms with Crippen molar-refractivity contribution in [3.63, 3.8) is 0 Å². The Morgan fingerprint density at radius 1 is 1.09 bits per heavy atom. The normalized spacial score (nSPS) is 22.3. The molecule has 0 aliphatic carbocycles. The molecule has 0 bridgehead atoms. The highest BCUT2D eigenvalue weighted by Gasteiger charge is 2.42. The summed E-state index contributed by atoms with van der Waals surface area (Å²) < 4.78 is 48.5. The first kappa shape index (κ1) is 18.7. The van der Waals surface area contributed by atoms with E-state index in [0.717, 1.165) is 0 Å². The zero-order chi connectivity index (χ0) is 17.4. The maximum Gasteiger partial charge on any atom is 0.225 e. The third-order valence-electron chi connectivity index (χ3n) is 4.51. The minimum absolute atomic E-state index is 0.0332. The van der Waals surface area contributed by atoms with Crippen LogP contribution >= 0.6 is 0 Å². The van der Waals surface area contributed by atoms with Crippen molar-refractivity contribution in [2.75, 3.05) is 38.2 Å². The number of amides is 1. The molecule has 0 radical (unpaired) electrons. The third kappa shape index (κ3) is 4.45. The first-order chi connectivity index (χ1) is 10.5. The standard InChI is InChI=1S/C14H26N2O5S2/c1-11(2)10-23(20,21)13-8-15(9-13)14(17)12-4-6-16(7-5-12)22(3,18)19/h11-13H,4-10H2,1-3H3. The lowest BCUT2D eigenvalue weighted by Gasteiger charge is -2.42. The number of sulfone groups is 1. The molecule has 0 aromatic rings. The van der Waals surface area contributed by atoms with E-state index in [0.29, 0.717) is 25.9 Å². The molecule has 2 saturated heterocycles. The van der Waals surface area contributed by atoms with Gasteiger partial charge in [0.1, 0.15) is 0 Å². The van der Waals surface area contributed by atoms with Gasteiger partial charge in [0.2, 0.25) is 15.9 Å². The van der Waals surface area contributed by atoms with Gasteiger partial charge in [0, 0.05) is 32.1 Å². The highest BCUT2D eigenvalue weighted by molar-refractivity contribution is 7.92. The predicted octanol–water partition coefficient (Wildman–Crippen LogP) is -0.0604. The Morgan fingerprint density at radius 3 is 2.04 bits per heavy atom. The Hall–Kier alpha value is -0.670. The van der Waals surface area contributed by atoms with Crippen molar-refractivity contribution in [1.82, 2.24) is 9.21 Å². The van der Waals surface area contributed by atoms with Gasteiger partial charge in [0.05, 0.1) is 17.3 Å².